The number of hydrogen-bond acceptors (Lipinski definition) is 2. The lowest BCUT2D eigenvalue weighted by molar-refractivity contribution is -0.142. The summed E-state index contributed by atoms with van der Waals surface area (Å²) in [6.45, 7) is 14.4. The molecule has 0 aromatic heterocycles. The lowest BCUT2D eigenvalue weighted by Gasteiger charge is -2.15. The fraction of sp³-hybridized carbons (Fsp3) is 0.921. The number of allylic oxidation sites excluding steroid dienone is 1. The molecule has 0 aliphatic carbocycles. The second-order valence-electron chi connectivity index (χ2n) is 13.8. The van der Waals surface area contributed by atoms with Crippen molar-refractivity contribution in [1.82, 2.24) is 0 Å². The molecule has 0 spiro atoms. The molecule has 2 unspecified atom stereocenters. The summed E-state index contributed by atoms with van der Waals surface area (Å²) in [7, 11) is 0. The molecule has 238 valence electrons. The number of carbonyl (C=O) groups is 1. The molecule has 0 saturated carbocycles. The number of ether oxygens (including phenoxy) is 1. The van der Waals surface area contributed by atoms with Gasteiger partial charge < -0.3 is 4.74 Å². The van der Waals surface area contributed by atoms with Crippen LogP contribution in [0.2, 0.25) is 0 Å². The first kappa shape index (κ1) is 39.2. The highest BCUT2D eigenvalue weighted by molar-refractivity contribution is 5.69. The lowest BCUT2D eigenvalue weighted by atomic mass is 9.91. The standard InChI is InChI=1S/C38H74O2/c1-7-8-9-10-11-12-13-14-15-16-17-18-19-20-21-31-38(39)40-33-32-37(6)30-24-29-36(5)28-23-27-35(4)26-22-25-34(2)3/h32,34-36H,7-31,33H2,1-6H3/b37-32+. The average molecular weight is 563 g/mol. The van der Waals surface area contributed by atoms with Crippen LogP contribution in [0.5, 0.6) is 0 Å². The quantitative estimate of drug-likeness (QED) is 0.0494. The van der Waals surface area contributed by atoms with Gasteiger partial charge in [-0.3, -0.25) is 4.79 Å². The number of unbranched alkanes of at least 4 members (excludes halogenated alkanes) is 14. The summed E-state index contributed by atoms with van der Waals surface area (Å²) in [6.07, 6.45) is 35.0. The molecule has 2 heteroatoms. The second kappa shape index (κ2) is 29.7. The molecule has 0 fully saturated rings. The molecule has 0 heterocycles. The highest BCUT2D eigenvalue weighted by Gasteiger charge is 2.07. The Bertz CT molecular complexity index is 564. The van der Waals surface area contributed by atoms with E-state index in [9.17, 15) is 4.79 Å². The van der Waals surface area contributed by atoms with E-state index in [0.717, 1.165) is 37.0 Å². The van der Waals surface area contributed by atoms with Crippen LogP contribution in [0, 0.1) is 17.8 Å². The largest absolute Gasteiger partial charge is 0.461 e. The van der Waals surface area contributed by atoms with E-state index in [4.69, 9.17) is 4.74 Å². The summed E-state index contributed by atoms with van der Waals surface area (Å²) in [4.78, 5) is 12.0. The van der Waals surface area contributed by atoms with Crippen LogP contribution in [0.15, 0.2) is 11.6 Å². The predicted octanol–water partition coefficient (Wildman–Crippen LogP) is 13.2. The van der Waals surface area contributed by atoms with Crippen molar-refractivity contribution in [1.29, 1.82) is 0 Å². The van der Waals surface area contributed by atoms with Gasteiger partial charge in [-0.15, -0.1) is 0 Å². The zero-order valence-electron chi connectivity index (χ0n) is 28.5. The normalized spacial score (nSPS) is 13.6. The Morgan fingerprint density at radius 1 is 0.550 bits per heavy atom. The molecule has 0 aliphatic rings. The van der Waals surface area contributed by atoms with Crippen LogP contribution in [0.25, 0.3) is 0 Å². The summed E-state index contributed by atoms with van der Waals surface area (Å²) < 4.78 is 5.46. The monoisotopic (exact) mass is 563 g/mol. The van der Waals surface area contributed by atoms with Crippen molar-refractivity contribution in [2.45, 2.75) is 202 Å². The minimum atomic E-state index is -0.0224. The predicted molar refractivity (Wildman–Crippen MR) is 179 cm³/mol. The number of hydrogen-bond donors (Lipinski definition) is 0. The summed E-state index contributed by atoms with van der Waals surface area (Å²) in [5.41, 5.74) is 1.37. The first-order chi connectivity index (χ1) is 19.3. The first-order valence-corrected chi connectivity index (χ1v) is 18.2. The zero-order chi connectivity index (χ0) is 29.7. The summed E-state index contributed by atoms with van der Waals surface area (Å²) in [6, 6.07) is 0. The van der Waals surface area contributed by atoms with Gasteiger partial charge in [0.2, 0.25) is 0 Å². The van der Waals surface area contributed by atoms with Gasteiger partial charge in [-0.25, -0.2) is 0 Å². The van der Waals surface area contributed by atoms with Gasteiger partial charge in [0.05, 0.1) is 0 Å². The fourth-order valence-corrected chi connectivity index (χ4v) is 5.80. The van der Waals surface area contributed by atoms with Crippen molar-refractivity contribution in [3.8, 4) is 0 Å². The molecule has 2 nitrogen and oxygen atoms in total. The van der Waals surface area contributed by atoms with Gasteiger partial charge in [-0.1, -0.05) is 175 Å². The maximum Gasteiger partial charge on any atom is 0.306 e. The van der Waals surface area contributed by atoms with Gasteiger partial charge in [0.15, 0.2) is 0 Å². The summed E-state index contributed by atoms with van der Waals surface area (Å²) in [5, 5.41) is 0. The first-order valence-electron chi connectivity index (χ1n) is 18.2. The van der Waals surface area contributed by atoms with Crippen molar-refractivity contribution < 1.29 is 9.53 Å². The molecular weight excluding hydrogens is 488 g/mol. The van der Waals surface area contributed by atoms with E-state index in [0.29, 0.717) is 13.0 Å². The molecule has 0 aromatic carbocycles. The highest BCUT2D eigenvalue weighted by atomic mass is 16.5. The second-order valence-corrected chi connectivity index (χ2v) is 13.8. The molecule has 0 aliphatic heterocycles. The fourth-order valence-electron chi connectivity index (χ4n) is 5.80. The van der Waals surface area contributed by atoms with E-state index < -0.39 is 0 Å². The van der Waals surface area contributed by atoms with Crippen LogP contribution in [-0.4, -0.2) is 12.6 Å². The Morgan fingerprint density at radius 3 is 1.45 bits per heavy atom. The number of esters is 1. The minimum absolute atomic E-state index is 0.0224. The van der Waals surface area contributed by atoms with Gasteiger partial charge in [0.1, 0.15) is 6.61 Å². The van der Waals surface area contributed by atoms with Crippen molar-refractivity contribution in [2.24, 2.45) is 17.8 Å². The molecule has 0 N–H and O–H groups in total. The molecule has 0 rings (SSSR count). The Hall–Kier alpha value is -0.790. The van der Waals surface area contributed by atoms with Crippen LogP contribution < -0.4 is 0 Å². The molecule has 0 amide bonds. The summed E-state index contributed by atoms with van der Waals surface area (Å²) in [5.74, 6) is 2.53. The van der Waals surface area contributed by atoms with Crippen molar-refractivity contribution in [2.75, 3.05) is 6.61 Å². The van der Waals surface area contributed by atoms with Crippen LogP contribution in [0.1, 0.15) is 202 Å². The zero-order valence-corrected chi connectivity index (χ0v) is 28.5. The third-order valence-corrected chi connectivity index (χ3v) is 8.80. The molecule has 40 heavy (non-hydrogen) atoms. The van der Waals surface area contributed by atoms with E-state index in [2.05, 4.69) is 47.6 Å². The van der Waals surface area contributed by atoms with Gasteiger partial charge >= 0.3 is 5.97 Å². The Labute approximate surface area is 253 Å². The van der Waals surface area contributed by atoms with Crippen molar-refractivity contribution in [3.05, 3.63) is 11.6 Å². The number of rotatable bonds is 30. The van der Waals surface area contributed by atoms with Crippen molar-refractivity contribution in [3.63, 3.8) is 0 Å². The van der Waals surface area contributed by atoms with E-state index in [-0.39, 0.29) is 5.97 Å². The highest BCUT2D eigenvalue weighted by Crippen LogP contribution is 2.22. The van der Waals surface area contributed by atoms with E-state index in [1.165, 1.54) is 140 Å². The number of carbonyl (C=O) groups excluding carboxylic acids is 1. The maximum absolute atomic E-state index is 12.0. The maximum atomic E-state index is 12.0. The molecule has 0 aromatic rings. The molecule has 0 bridgehead atoms. The Balaban J connectivity index is 3.52. The van der Waals surface area contributed by atoms with Crippen LogP contribution in [-0.2, 0) is 9.53 Å². The van der Waals surface area contributed by atoms with Gasteiger partial charge in [-0.2, -0.15) is 0 Å². The van der Waals surface area contributed by atoms with Crippen LogP contribution in [0.4, 0.5) is 0 Å². The van der Waals surface area contributed by atoms with Crippen molar-refractivity contribution >= 4 is 5.97 Å². The Morgan fingerprint density at radius 2 is 0.975 bits per heavy atom. The minimum Gasteiger partial charge on any atom is -0.461 e. The van der Waals surface area contributed by atoms with Gasteiger partial charge in [-0.05, 0) is 50.0 Å². The van der Waals surface area contributed by atoms with E-state index in [1.54, 1.807) is 0 Å². The molecule has 2 atom stereocenters. The smallest absolute Gasteiger partial charge is 0.306 e. The van der Waals surface area contributed by atoms with Crippen LogP contribution >= 0.6 is 0 Å². The SMILES string of the molecule is CCCCCCCCCCCCCCCCCC(=O)OC/C=C(\C)CCCC(C)CCCC(C)CCCC(C)C. The lowest BCUT2D eigenvalue weighted by Crippen LogP contribution is -2.04. The third-order valence-electron chi connectivity index (χ3n) is 8.80. The average Bonchev–Trinajstić information content (AvgIpc) is 2.90. The van der Waals surface area contributed by atoms with Crippen LogP contribution in [0.3, 0.4) is 0 Å². The van der Waals surface area contributed by atoms with E-state index >= 15 is 0 Å². The van der Waals surface area contributed by atoms with Gasteiger partial charge in [0, 0.05) is 6.42 Å². The molecule has 0 radical (unpaired) electrons. The van der Waals surface area contributed by atoms with Gasteiger partial charge in [0.25, 0.3) is 0 Å². The molecular formula is C38H74O2. The topological polar surface area (TPSA) is 26.3 Å². The summed E-state index contributed by atoms with van der Waals surface area (Å²) >= 11 is 0. The molecule has 0 saturated heterocycles. The Kier molecular flexibility index (Phi) is 29.1. The third kappa shape index (κ3) is 30.2. The van der Waals surface area contributed by atoms with E-state index in [1.807, 2.05) is 0 Å².